The van der Waals surface area contributed by atoms with Crippen LogP contribution < -0.4 is 5.32 Å². The third-order valence-corrected chi connectivity index (χ3v) is 2.75. The first kappa shape index (κ1) is 11.9. The molecule has 1 aliphatic rings. The molecule has 0 radical (unpaired) electrons. The summed E-state index contributed by atoms with van der Waals surface area (Å²) >= 11 is 0. The Morgan fingerprint density at radius 2 is 2.41 bits per heavy atom. The van der Waals surface area contributed by atoms with Crippen LogP contribution in [0.25, 0.3) is 0 Å². The molecule has 2 rings (SSSR count). The minimum Gasteiger partial charge on any atom is -0.477 e. The second-order valence-corrected chi connectivity index (χ2v) is 4.08. The molecule has 2 N–H and O–H groups in total. The molecule has 5 nitrogen and oxygen atoms in total. The number of hydrogen-bond donors (Lipinski definition) is 2. The van der Waals surface area contributed by atoms with Gasteiger partial charge in [0.05, 0.1) is 6.10 Å². The number of aromatic carboxylic acids is 1. The highest BCUT2D eigenvalue weighted by molar-refractivity contribution is 5.85. The van der Waals surface area contributed by atoms with Crippen LogP contribution in [0.3, 0.4) is 0 Å². The molecule has 2 heterocycles. The van der Waals surface area contributed by atoms with Crippen molar-refractivity contribution >= 4 is 11.8 Å². The van der Waals surface area contributed by atoms with Gasteiger partial charge in [-0.25, -0.2) is 9.78 Å². The lowest BCUT2D eigenvalue weighted by Gasteiger charge is -2.22. The highest BCUT2D eigenvalue weighted by Gasteiger charge is 2.13. The van der Waals surface area contributed by atoms with E-state index in [-0.39, 0.29) is 11.8 Å². The van der Waals surface area contributed by atoms with Gasteiger partial charge in [0.25, 0.3) is 0 Å². The molecule has 1 fully saturated rings. The van der Waals surface area contributed by atoms with Crippen molar-refractivity contribution in [2.75, 3.05) is 18.5 Å². The maximum Gasteiger partial charge on any atom is 0.354 e. The number of nitrogens with zero attached hydrogens (tertiary/aromatic N) is 1. The van der Waals surface area contributed by atoms with E-state index in [1.807, 2.05) is 0 Å². The summed E-state index contributed by atoms with van der Waals surface area (Å²) in [5, 5.41) is 11.9. The van der Waals surface area contributed by atoms with Gasteiger partial charge < -0.3 is 15.2 Å². The fourth-order valence-corrected chi connectivity index (χ4v) is 1.84. The lowest BCUT2D eigenvalue weighted by molar-refractivity contribution is 0.0247. The first-order chi connectivity index (χ1) is 8.25. The van der Waals surface area contributed by atoms with Crippen LogP contribution in [0, 0.1) is 0 Å². The smallest absolute Gasteiger partial charge is 0.354 e. The van der Waals surface area contributed by atoms with Crippen molar-refractivity contribution in [1.29, 1.82) is 0 Å². The number of ether oxygens (including phenoxy) is 1. The number of pyridine rings is 1. The molecular formula is C12H16N2O3. The third kappa shape index (κ3) is 3.42. The molecule has 0 bridgehead atoms. The van der Waals surface area contributed by atoms with Crippen LogP contribution in [0.15, 0.2) is 18.2 Å². The van der Waals surface area contributed by atoms with E-state index in [0.29, 0.717) is 12.4 Å². The highest BCUT2D eigenvalue weighted by atomic mass is 16.5. The van der Waals surface area contributed by atoms with Gasteiger partial charge in [-0.3, -0.25) is 0 Å². The van der Waals surface area contributed by atoms with Gasteiger partial charge in [0, 0.05) is 13.2 Å². The van der Waals surface area contributed by atoms with E-state index in [0.717, 1.165) is 19.4 Å². The van der Waals surface area contributed by atoms with Gasteiger partial charge in [0.2, 0.25) is 0 Å². The van der Waals surface area contributed by atoms with Crippen molar-refractivity contribution in [2.24, 2.45) is 0 Å². The summed E-state index contributed by atoms with van der Waals surface area (Å²) in [6.45, 7) is 1.49. The number of anilines is 1. The van der Waals surface area contributed by atoms with Gasteiger partial charge in [-0.15, -0.1) is 0 Å². The van der Waals surface area contributed by atoms with Crippen LogP contribution >= 0.6 is 0 Å². The Labute approximate surface area is 99.8 Å². The normalized spacial score (nSPS) is 19.9. The molecule has 0 aromatic carbocycles. The summed E-state index contributed by atoms with van der Waals surface area (Å²) in [4.78, 5) is 14.7. The molecule has 0 spiro atoms. The Morgan fingerprint density at radius 3 is 3.12 bits per heavy atom. The van der Waals surface area contributed by atoms with Crippen molar-refractivity contribution in [3.05, 3.63) is 23.9 Å². The molecule has 1 aromatic heterocycles. The van der Waals surface area contributed by atoms with E-state index >= 15 is 0 Å². The van der Waals surface area contributed by atoms with Crippen molar-refractivity contribution < 1.29 is 14.6 Å². The average Bonchev–Trinajstić information content (AvgIpc) is 2.38. The Kier molecular flexibility index (Phi) is 3.93. The molecule has 1 saturated heterocycles. The molecule has 0 saturated carbocycles. The molecule has 17 heavy (non-hydrogen) atoms. The number of rotatable bonds is 4. The Bertz CT molecular complexity index is 389. The fourth-order valence-electron chi connectivity index (χ4n) is 1.84. The van der Waals surface area contributed by atoms with Crippen LogP contribution in [0.2, 0.25) is 0 Å². The van der Waals surface area contributed by atoms with E-state index in [1.54, 1.807) is 12.1 Å². The van der Waals surface area contributed by atoms with Gasteiger partial charge in [0.15, 0.2) is 5.69 Å². The second-order valence-electron chi connectivity index (χ2n) is 4.08. The third-order valence-electron chi connectivity index (χ3n) is 2.75. The molecule has 0 amide bonds. The molecular weight excluding hydrogens is 220 g/mol. The van der Waals surface area contributed by atoms with Crippen molar-refractivity contribution in [2.45, 2.75) is 25.4 Å². The zero-order valence-corrected chi connectivity index (χ0v) is 9.56. The largest absolute Gasteiger partial charge is 0.477 e. The lowest BCUT2D eigenvalue weighted by atomic mass is 10.1. The highest BCUT2D eigenvalue weighted by Crippen LogP contribution is 2.13. The van der Waals surface area contributed by atoms with Crippen molar-refractivity contribution in [3.63, 3.8) is 0 Å². The fraction of sp³-hybridized carbons (Fsp3) is 0.500. The van der Waals surface area contributed by atoms with Crippen LogP contribution in [0.5, 0.6) is 0 Å². The number of hydrogen-bond acceptors (Lipinski definition) is 4. The molecule has 0 aliphatic carbocycles. The minimum absolute atomic E-state index is 0.0552. The summed E-state index contributed by atoms with van der Waals surface area (Å²) in [6, 6.07) is 4.92. The molecule has 5 heteroatoms. The zero-order valence-electron chi connectivity index (χ0n) is 9.56. The summed E-state index contributed by atoms with van der Waals surface area (Å²) in [5.74, 6) is -0.429. The number of aromatic nitrogens is 1. The minimum atomic E-state index is -1.01. The predicted octanol–water partition coefficient (Wildman–Crippen LogP) is 1.76. The standard InChI is InChI=1S/C12H16N2O3/c15-12(16)10-5-3-6-11(14-10)13-8-9-4-1-2-7-17-9/h3,5-6,9H,1-2,4,7-8H2,(H,13,14)(H,15,16). The van der Waals surface area contributed by atoms with Crippen LogP contribution in [-0.2, 0) is 4.74 Å². The predicted molar refractivity (Wildman–Crippen MR) is 63.3 cm³/mol. The van der Waals surface area contributed by atoms with Gasteiger partial charge >= 0.3 is 5.97 Å². The summed E-state index contributed by atoms with van der Waals surface area (Å²) in [7, 11) is 0. The average molecular weight is 236 g/mol. The number of carboxylic acid groups (broad SMARTS) is 1. The van der Waals surface area contributed by atoms with E-state index in [4.69, 9.17) is 9.84 Å². The monoisotopic (exact) mass is 236 g/mol. The Balaban J connectivity index is 1.89. The van der Waals surface area contributed by atoms with Crippen molar-refractivity contribution in [1.82, 2.24) is 4.98 Å². The number of carboxylic acids is 1. The van der Waals surface area contributed by atoms with Gasteiger partial charge in [-0.05, 0) is 31.4 Å². The van der Waals surface area contributed by atoms with Crippen LogP contribution in [0.4, 0.5) is 5.82 Å². The van der Waals surface area contributed by atoms with Crippen LogP contribution in [0.1, 0.15) is 29.8 Å². The Hall–Kier alpha value is -1.62. The number of carbonyl (C=O) groups is 1. The molecule has 1 unspecified atom stereocenters. The zero-order chi connectivity index (χ0) is 12.1. The van der Waals surface area contributed by atoms with Gasteiger partial charge in [-0.2, -0.15) is 0 Å². The topological polar surface area (TPSA) is 71.5 Å². The van der Waals surface area contributed by atoms with Gasteiger partial charge in [-0.1, -0.05) is 6.07 Å². The number of nitrogens with one attached hydrogen (secondary N) is 1. The SMILES string of the molecule is O=C(O)c1cccc(NCC2CCCCO2)n1. The van der Waals surface area contributed by atoms with E-state index in [9.17, 15) is 4.79 Å². The molecule has 92 valence electrons. The summed E-state index contributed by atoms with van der Waals surface area (Å²) in [5.41, 5.74) is 0.0552. The molecule has 1 atom stereocenters. The van der Waals surface area contributed by atoms with E-state index in [1.165, 1.54) is 12.5 Å². The second kappa shape index (κ2) is 5.63. The maximum atomic E-state index is 10.7. The quantitative estimate of drug-likeness (QED) is 0.833. The first-order valence-electron chi connectivity index (χ1n) is 5.81. The Morgan fingerprint density at radius 1 is 1.53 bits per heavy atom. The van der Waals surface area contributed by atoms with E-state index < -0.39 is 5.97 Å². The van der Waals surface area contributed by atoms with Crippen molar-refractivity contribution in [3.8, 4) is 0 Å². The maximum absolute atomic E-state index is 10.7. The summed E-state index contributed by atoms with van der Waals surface area (Å²) in [6.07, 6.45) is 3.57. The van der Waals surface area contributed by atoms with E-state index in [2.05, 4.69) is 10.3 Å². The lowest BCUT2D eigenvalue weighted by Crippen LogP contribution is -2.27. The first-order valence-corrected chi connectivity index (χ1v) is 5.81. The van der Waals surface area contributed by atoms with Crippen LogP contribution in [-0.4, -0.2) is 35.3 Å². The summed E-state index contributed by atoms with van der Waals surface area (Å²) < 4.78 is 5.57. The molecule has 1 aromatic rings. The molecule has 1 aliphatic heterocycles. The van der Waals surface area contributed by atoms with Gasteiger partial charge in [0.1, 0.15) is 5.82 Å².